The van der Waals surface area contributed by atoms with Gasteiger partial charge in [0, 0.05) is 28.1 Å². The Bertz CT molecular complexity index is 584. The van der Waals surface area contributed by atoms with E-state index < -0.39 is 0 Å². The van der Waals surface area contributed by atoms with Crippen LogP contribution in [0.5, 0.6) is 0 Å². The van der Waals surface area contributed by atoms with Crippen LogP contribution in [-0.4, -0.2) is 10.1 Å². The fourth-order valence-corrected chi connectivity index (χ4v) is 2.55. The van der Waals surface area contributed by atoms with E-state index in [1.165, 1.54) is 0 Å². The molecule has 0 spiro atoms. The molecule has 1 aromatic carbocycles. The van der Waals surface area contributed by atoms with E-state index in [2.05, 4.69) is 15.6 Å². The fourth-order valence-electron chi connectivity index (χ4n) is 1.73. The van der Waals surface area contributed by atoms with Crippen LogP contribution in [-0.2, 0) is 0 Å². The number of halogens is 2. The highest BCUT2D eigenvalue weighted by molar-refractivity contribution is 7.80. The average Bonchev–Trinajstić information content (AvgIpc) is 2.38. The van der Waals surface area contributed by atoms with Crippen molar-refractivity contribution in [2.45, 2.75) is 13.0 Å². The van der Waals surface area contributed by atoms with Crippen molar-refractivity contribution < 1.29 is 0 Å². The molecule has 1 atom stereocenters. The van der Waals surface area contributed by atoms with Gasteiger partial charge in [-0.05, 0) is 55.0 Å². The van der Waals surface area contributed by atoms with Crippen LogP contribution in [0.4, 0.5) is 5.69 Å². The van der Waals surface area contributed by atoms with Crippen molar-refractivity contribution in [3.63, 3.8) is 0 Å². The summed E-state index contributed by atoms with van der Waals surface area (Å²) in [6, 6.07) is 9.15. The summed E-state index contributed by atoms with van der Waals surface area (Å²) in [6.45, 7) is 2.02. The summed E-state index contributed by atoms with van der Waals surface area (Å²) in [5.74, 6) is 0. The minimum atomic E-state index is 0.0765. The summed E-state index contributed by atoms with van der Waals surface area (Å²) in [5, 5.41) is 7.88. The molecule has 2 N–H and O–H groups in total. The van der Waals surface area contributed by atoms with Gasteiger partial charge in [0.05, 0.1) is 6.04 Å². The van der Waals surface area contributed by atoms with Crippen molar-refractivity contribution in [3.05, 3.63) is 58.3 Å². The molecule has 0 bridgehead atoms. The van der Waals surface area contributed by atoms with Gasteiger partial charge in [0.15, 0.2) is 5.11 Å². The van der Waals surface area contributed by atoms with Crippen molar-refractivity contribution in [2.24, 2.45) is 0 Å². The predicted molar refractivity (Wildman–Crippen MR) is 88.5 cm³/mol. The molecule has 0 saturated carbocycles. The lowest BCUT2D eigenvalue weighted by Crippen LogP contribution is -2.30. The Balaban J connectivity index is 1.99. The lowest BCUT2D eigenvalue weighted by Gasteiger charge is -2.17. The summed E-state index contributed by atoms with van der Waals surface area (Å²) in [6.07, 6.45) is 3.50. The minimum Gasteiger partial charge on any atom is -0.356 e. The van der Waals surface area contributed by atoms with Crippen molar-refractivity contribution in [1.29, 1.82) is 0 Å². The summed E-state index contributed by atoms with van der Waals surface area (Å²) >= 11 is 17.2. The number of aromatic nitrogens is 1. The predicted octanol–water partition coefficient (Wildman–Crippen LogP) is 4.44. The first-order chi connectivity index (χ1) is 9.54. The topological polar surface area (TPSA) is 37.0 Å². The molecule has 0 unspecified atom stereocenters. The maximum absolute atomic E-state index is 5.94. The quantitative estimate of drug-likeness (QED) is 0.818. The number of thiocarbonyl (C=S) groups is 1. The second-order valence-electron chi connectivity index (χ2n) is 4.26. The Kier molecular flexibility index (Phi) is 5.17. The van der Waals surface area contributed by atoms with Crippen LogP contribution in [0.3, 0.4) is 0 Å². The summed E-state index contributed by atoms with van der Waals surface area (Å²) in [5.41, 5.74) is 1.86. The van der Waals surface area contributed by atoms with E-state index in [-0.39, 0.29) is 6.04 Å². The van der Waals surface area contributed by atoms with Gasteiger partial charge in [0.1, 0.15) is 0 Å². The molecule has 6 heteroatoms. The molecule has 0 radical (unpaired) electrons. The highest BCUT2D eigenvalue weighted by Gasteiger charge is 2.07. The third-order valence-corrected chi connectivity index (χ3v) is 3.33. The normalized spacial score (nSPS) is 11.8. The highest BCUT2D eigenvalue weighted by Crippen LogP contribution is 2.22. The minimum absolute atomic E-state index is 0.0765. The Morgan fingerprint density at radius 1 is 1.15 bits per heavy atom. The fraction of sp³-hybridized carbons (Fsp3) is 0.143. The zero-order valence-electron chi connectivity index (χ0n) is 10.7. The second-order valence-corrected chi connectivity index (χ2v) is 5.54. The molecule has 0 aliphatic carbocycles. The van der Waals surface area contributed by atoms with Crippen molar-refractivity contribution in [1.82, 2.24) is 10.3 Å². The van der Waals surface area contributed by atoms with Crippen LogP contribution in [0, 0.1) is 0 Å². The monoisotopic (exact) mass is 325 g/mol. The molecule has 2 rings (SSSR count). The summed E-state index contributed by atoms with van der Waals surface area (Å²) < 4.78 is 0. The lowest BCUT2D eigenvalue weighted by atomic mass is 10.1. The SMILES string of the molecule is C[C@@H](NC(=S)Nc1cc(Cl)cc(Cl)c1)c1ccncc1. The molecule has 0 saturated heterocycles. The van der Waals surface area contributed by atoms with Crippen molar-refractivity contribution in [2.75, 3.05) is 5.32 Å². The van der Waals surface area contributed by atoms with Gasteiger partial charge in [-0.15, -0.1) is 0 Å². The van der Waals surface area contributed by atoms with E-state index in [1.54, 1.807) is 30.6 Å². The van der Waals surface area contributed by atoms with E-state index in [4.69, 9.17) is 35.4 Å². The third kappa shape index (κ3) is 4.34. The number of nitrogens with zero attached hydrogens (tertiary/aromatic N) is 1. The van der Waals surface area contributed by atoms with Gasteiger partial charge < -0.3 is 10.6 Å². The van der Waals surface area contributed by atoms with E-state index in [1.807, 2.05) is 19.1 Å². The summed E-state index contributed by atoms with van der Waals surface area (Å²) in [4.78, 5) is 3.99. The number of anilines is 1. The van der Waals surface area contributed by atoms with Crippen LogP contribution in [0.15, 0.2) is 42.7 Å². The van der Waals surface area contributed by atoms with Gasteiger partial charge in [0.2, 0.25) is 0 Å². The molecule has 1 heterocycles. The third-order valence-electron chi connectivity index (χ3n) is 2.67. The van der Waals surface area contributed by atoms with Crippen molar-refractivity contribution in [3.8, 4) is 0 Å². The Hall–Kier alpha value is -1.36. The van der Waals surface area contributed by atoms with Crippen LogP contribution >= 0.6 is 35.4 Å². The standard InChI is InChI=1S/C14H13Cl2N3S/c1-9(10-2-4-17-5-3-10)18-14(20)19-13-7-11(15)6-12(16)8-13/h2-9H,1H3,(H2,18,19,20)/t9-/m1/s1. The maximum Gasteiger partial charge on any atom is 0.171 e. The molecule has 0 amide bonds. The van der Waals surface area contributed by atoms with Gasteiger partial charge in [-0.2, -0.15) is 0 Å². The molecular formula is C14H13Cl2N3S. The molecular weight excluding hydrogens is 313 g/mol. The molecule has 0 fully saturated rings. The number of nitrogens with one attached hydrogen (secondary N) is 2. The van der Waals surface area contributed by atoms with Crippen LogP contribution in [0.25, 0.3) is 0 Å². The van der Waals surface area contributed by atoms with Gasteiger partial charge >= 0.3 is 0 Å². The molecule has 2 aromatic rings. The van der Waals surface area contributed by atoms with E-state index in [9.17, 15) is 0 Å². The van der Waals surface area contributed by atoms with Gasteiger partial charge in [0.25, 0.3) is 0 Å². The van der Waals surface area contributed by atoms with E-state index >= 15 is 0 Å². The van der Waals surface area contributed by atoms with Crippen LogP contribution < -0.4 is 10.6 Å². The Morgan fingerprint density at radius 3 is 2.35 bits per heavy atom. The maximum atomic E-state index is 5.94. The highest BCUT2D eigenvalue weighted by atomic mass is 35.5. The number of hydrogen-bond donors (Lipinski definition) is 2. The Labute approximate surface area is 133 Å². The first kappa shape index (κ1) is 15.0. The van der Waals surface area contributed by atoms with Crippen LogP contribution in [0.2, 0.25) is 10.0 Å². The first-order valence-electron chi connectivity index (χ1n) is 5.98. The molecule has 0 aliphatic heterocycles. The summed E-state index contributed by atoms with van der Waals surface area (Å²) in [7, 11) is 0. The number of rotatable bonds is 3. The zero-order valence-corrected chi connectivity index (χ0v) is 13.1. The zero-order chi connectivity index (χ0) is 14.5. The van der Waals surface area contributed by atoms with E-state index in [0.29, 0.717) is 15.2 Å². The van der Waals surface area contributed by atoms with Gasteiger partial charge in [-0.25, -0.2) is 0 Å². The molecule has 3 nitrogen and oxygen atoms in total. The smallest absolute Gasteiger partial charge is 0.171 e. The van der Waals surface area contributed by atoms with Gasteiger partial charge in [-0.1, -0.05) is 23.2 Å². The Morgan fingerprint density at radius 2 is 1.75 bits per heavy atom. The first-order valence-corrected chi connectivity index (χ1v) is 7.14. The average molecular weight is 326 g/mol. The number of hydrogen-bond acceptors (Lipinski definition) is 2. The lowest BCUT2D eigenvalue weighted by molar-refractivity contribution is 0.721. The van der Waals surface area contributed by atoms with Gasteiger partial charge in [-0.3, -0.25) is 4.98 Å². The largest absolute Gasteiger partial charge is 0.356 e. The molecule has 104 valence electrons. The second kappa shape index (κ2) is 6.88. The van der Waals surface area contributed by atoms with Crippen LogP contribution in [0.1, 0.15) is 18.5 Å². The number of benzene rings is 1. The molecule has 20 heavy (non-hydrogen) atoms. The van der Waals surface area contributed by atoms with E-state index in [0.717, 1.165) is 11.3 Å². The molecule has 0 aliphatic rings. The number of pyridine rings is 1. The van der Waals surface area contributed by atoms with Crippen molar-refractivity contribution >= 4 is 46.2 Å². The molecule has 1 aromatic heterocycles.